The van der Waals surface area contributed by atoms with Gasteiger partial charge in [0.15, 0.2) is 0 Å². The lowest BCUT2D eigenvalue weighted by Crippen LogP contribution is -2.34. The predicted molar refractivity (Wildman–Crippen MR) is 75.8 cm³/mol. The summed E-state index contributed by atoms with van der Waals surface area (Å²) in [7, 11) is -1.02. The Bertz CT molecular complexity index is 521. The van der Waals surface area contributed by atoms with Gasteiger partial charge >= 0.3 is 0 Å². The summed E-state index contributed by atoms with van der Waals surface area (Å²) in [6.45, 7) is 2.03. The minimum Gasteiger partial charge on any atom is -0.467 e. The molecule has 3 atom stereocenters. The number of aryl methyl sites for hydroxylation is 1. The molecule has 0 bridgehead atoms. The van der Waals surface area contributed by atoms with Crippen LogP contribution in [0.25, 0.3) is 0 Å². The van der Waals surface area contributed by atoms with Crippen LogP contribution in [0.4, 0.5) is 0 Å². The van der Waals surface area contributed by atoms with Gasteiger partial charge in [-0.15, -0.1) is 0 Å². The molecule has 2 rings (SSSR count). The van der Waals surface area contributed by atoms with E-state index < -0.39 is 9.84 Å². The summed E-state index contributed by atoms with van der Waals surface area (Å²) in [6.07, 6.45) is 6.60. The molecule has 5 heteroatoms. The third kappa shape index (κ3) is 3.20. The summed E-state index contributed by atoms with van der Waals surface area (Å²) in [4.78, 5) is 0. The van der Waals surface area contributed by atoms with Gasteiger partial charge in [-0.1, -0.05) is 6.42 Å². The zero-order chi connectivity index (χ0) is 14.0. The van der Waals surface area contributed by atoms with E-state index in [1.165, 1.54) is 6.26 Å². The first-order chi connectivity index (χ1) is 8.93. The monoisotopic (exact) mass is 285 g/mol. The number of hydrogen-bond acceptors (Lipinski definition) is 4. The summed E-state index contributed by atoms with van der Waals surface area (Å²) in [6, 6.07) is 2.07. The van der Waals surface area contributed by atoms with Gasteiger partial charge in [0.25, 0.3) is 0 Å². The van der Waals surface area contributed by atoms with Crippen molar-refractivity contribution in [2.24, 2.45) is 5.92 Å². The molecular weight excluding hydrogens is 262 g/mol. The largest absolute Gasteiger partial charge is 0.467 e. The number of sulfone groups is 1. The molecule has 1 saturated carbocycles. The number of rotatable bonds is 4. The predicted octanol–water partition coefficient (Wildman–Crippen LogP) is 2.45. The molecule has 1 N–H and O–H groups in total. The minimum absolute atomic E-state index is 0.111. The Morgan fingerprint density at radius 3 is 2.68 bits per heavy atom. The average Bonchev–Trinajstić information content (AvgIpc) is 2.76. The lowest BCUT2D eigenvalue weighted by molar-refractivity contribution is 0.253. The normalized spacial score (nSPS) is 26.3. The highest BCUT2D eigenvalue weighted by Crippen LogP contribution is 2.37. The molecule has 1 aromatic rings. The van der Waals surface area contributed by atoms with Crippen molar-refractivity contribution >= 4 is 9.84 Å². The molecular formula is C14H23NO3S. The molecule has 1 fully saturated rings. The van der Waals surface area contributed by atoms with Gasteiger partial charge in [-0.2, -0.15) is 0 Å². The van der Waals surface area contributed by atoms with Crippen molar-refractivity contribution in [1.29, 1.82) is 0 Å². The molecule has 0 amide bonds. The van der Waals surface area contributed by atoms with Crippen LogP contribution >= 0.6 is 0 Å². The summed E-state index contributed by atoms with van der Waals surface area (Å²) in [5.74, 6) is 1.27. The third-order valence-electron chi connectivity index (χ3n) is 4.24. The number of furan rings is 1. The molecule has 0 aromatic carbocycles. The van der Waals surface area contributed by atoms with E-state index in [0.29, 0.717) is 5.92 Å². The van der Waals surface area contributed by atoms with Crippen molar-refractivity contribution in [2.45, 2.75) is 43.9 Å². The van der Waals surface area contributed by atoms with Crippen molar-refractivity contribution in [3.05, 3.63) is 23.7 Å². The third-order valence-corrected chi connectivity index (χ3v) is 5.88. The first-order valence-electron chi connectivity index (χ1n) is 6.83. The molecule has 19 heavy (non-hydrogen) atoms. The maximum absolute atomic E-state index is 11.8. The molecule has 1 aliphatic rings. The second kappa shape index (κ2) is 5.67. The lowest BCUT2D eigenvalue weighted by Gasteiger charge is -2.33. The Hall–Kier alpha value is -0.810. The Balaban J connectivity index is 2.18. The van der Waals surface area contributed by atoms with Gasteiger partial charge in [0.2, 0.25) is 0 Å². The Kier molecular flexibility index (Phi) is 4.36. The van der Waals surface area contributed by atoms with Crippen LogP contribution in [0.5, 0.6) is 0 Å². The van der Waals surface area contributed by atoms with E-state index in [1.807, 2.05) is 20.0 Å². The summed E-state index contributed by atoms with van der Waals surface area (Å²) in [5.41, 5.74) is 1.13. The van der Waals surface area contributed by atoms with Gasteiger partial charge < -0.3 is 9.73 Å². The van der Waals surface area contributed by atoms with Gasteiger partial charge in [0, 0.05) is 6.26 Å². The summed E-state index contributed by atoms with van der Waals surface area (Å²) < 4.78 is 29.1. The summed E-state index contributed by atoms with van der Waals surface area (Å²) in [5, 5.41) is 3.10. The van der Waals surface area contributed by atoms with Gasteiger partial charge in [-0.05, 0) is 50.8 Å². The molecule has 0 radical (unpaired) electrons. The lowest BCUT2D eigenvalue weighted by atomic mass is 9.82. The highest BCUT2D eigenvalue weighted by atomic mass is 32.2. The fourth-order valence-corrected chi connectivity index (χ4v) is 4.35. The fourth-order valence-electron chi connectivity index (χ4n) is 3.16. The zero-order valence-electron chi connectivity index (χ0n) is 11.8. The summed E-state index contributed by atoms with van der Waals surface area (Å²) >= 11 is 0. The average molecular weight is 285 g/mol. The molecule has 0 aliphatic heterocycles. The highest BCUT2D eigenvalue weighted by molar-refractivity contribution is 7.91. The first-order valence-corrected chi connectivity index (χ1v) is 8.79. The second-order valence-electron chi connectivity index (χ2n) is 5.61. The van der Waals surface area contributed by atoms with Crippen LogP contribution in [0.15, 0.2) is 16.7 Å². The molecule has 3 unspecified atom stereocenters. The quantitative estimate of drug-likeness (QED) is 0.923. The SMILES string of the molecule is CNC(c1occc1C)C1CCCC(S(C)(=O)=O)C1. The molecule has 1 aromatic heterocycles. The van der Waals surface area contributed by atoms with Crippen LogP contribution in [-0.4, -0.2) is 27.0 Å². The van der Waals surface area contributed by atoms with Crippen LogP contribution < -0.4 is 5.32 Å². The Morgan fingerprint density at radius 2 is 2.16 bits per heavy atom. The van der Waals surface area contributed by atoms with Gasteiger partial charge in [0.1, 0.15) is 15.6 Å². The van der Waals surface area contributed by atoms with E-state index >= 15 is 0 Å². The van der Waals surface area contributed by atoms with E-state index in [1.54, 1.807) is 6.26 Å². The smallest absolute Gasteiger partial charge is 0.150 e. The van der Waals surface area contributed by atoms with Crippen molar-refractivity contribution in [2.75, 3.05) is 13.3 Å². The van der Waals surface area contributed by atoms with E-state index in [-0.39, 0.29) is 11.3 Å². The van der Waals surface area contributed by atoms with Gasteiger partial charge in [0.05, 0.1) is 17.6 Å². The van der Waals surface area contributed by atoms with Crippen LogP contribution in [0, 0.1) is 12.8 Å². The van der Waals surface area contributed by atoms with E-state index in [2.05, 4.69) is 5.32 Å². The molecule has 0 spiro atoms. The molecule has 1 aliphatic carbocycles. The second-order valence-corrected chi connectivity index (χ2v) is 7.94. The van der Waals surface area contributed by atoms with Crippen LogP contribution in [0.2, 0.25) is 0 Å². The molecule has 108 valence electrons. The van der Waals surface area contributed by atoms with Gasteiger partial charge in [-0.3, -0.25) is 0 Å². The number of hydrogen-bond donors (Lipinski definition) is 1. The van der Waals surface area contributed by atoms with Crippen LogP contribution in [0.1, 0.15) is 43.0 Å². The van der Waals surface area contributed by atoms with Crippen LogP contribution in [0.3, 0.4) is 0 Å². The minimum atomic E-state index is -2.94. The van der Waals surface area contributed by atoms with Crippen molar-refractivity contribution in [1.82, 2.24) is 5.32 Å². The van der Waals surface area contributed by atoms with Gasteiger partial charge in [-0.25, -0.2) is 8.42 Å². The topological polar surface area (TPSA) is 59.3 Å². The fraction of sp³-hybridized carbons (Fsp3) is 0.714. The number of nitrogens with one attached hydrogen (secondary N) is 1. The molecule has 1 heterocycles. The van der Waals surface area contributed by atoms with Crippen molar-refractivity contribution in [3.8, 4) is 0 Å². The Labute approximate surface area is 115 Å². The van der Waals surface area contributed by atoms with Crippen molar-refractivity contribution < 1.29 is 12.8 Å². The zero-order valence-corrected chi connectivity index (χ0v) is 12.7. The maximum Gasteiger partial charge on any atom is 0.150 e. The molecule has 4 nitrogen and oxygen atoms in total. The maximum atomic E-state index is 11.8. The first kappa shape index (κ1) is 14.6. The molecule has 0 saturated heterocycles. The standard InChI is InChI=1S/C14H23NO3S/c1-10-7-8-18-14(10)13(15-2)11-5-4-6-12(9-11)19(3,16)17/h7-8,11-13,15H,4-6,9H2,1-3H3. The highest BCUT2D eigenvalue weighted by Gasteiger charge is 2.34. The Morgan fingerprint density at radius 1 is 1.42 bits per heavy atom. The van der Waals surface area contributed by atoms with E-state index in [9.17, 15) is 8.42 Å². The van der Waals surface area contributed by atoms with Crippen LogP contribution in [-0.2, 0) is 9.84 Å². The van der Waals surface area contributed by atoms with Crippen molar-refractivity contribution in [3.63, 3.8) is 0 Å². The van der Waals surface area contributed by atoms with E-state index in [0.717, 1.165) is 37.0 Å². The van der Waals surface area contributed by atoms with E-state index in [4.69, 9.17) is 4.42 Å².